The molecule has 1 heterocycles. The molecule has 4 N–H and O–H groups in total. The van der Waals surface area contributed by atoms with Gasteiger partial charge in [-0.25, -0.2) is 4.79 Å². The van der Waals surface area contributed by atoms with Crippen molar-refractivity contribution in [1.29, 1.82) is 0 Å². The van der Waals surface area contributed by atoms with E-state index < -0.39 is 30.3 Å². The fraction of sp³-hybridized carbons (Fsp3) is 0.917. The third-order valence-electron chi connectivity index (χ3n) is 2.93. The van der Waals surface area contributed by atoms with E-state index in [4.69, 9.17) is 14.2 Å². The molecule has 0 unspecified atom stereocenters. The van der Waals surface area contributed by atoms with Crippen LogP contribution in [0.2, 0.25) is 0 Å². The molecule has 0 saturated carbocycles. The monoisotopic (exact) mass is 262 g/mol. The fourth-order valence-corrected chi connectivity index (χ4v) is 1.67. The second-order valence-corrected chi connectivity index (χ2v) is 4.63. The SMILES string of the molecule is CCCCO[C@H]1COC[C@H]([NH3+])C(=O)O[C@@H](C)[C@@H]1O. The van der Waals surface area contributed by atoms with Crippen molar-refractivity contribution in [2.24, 2.45) is 0 Å². The molecule has 0 aromatic rings. The zero-order valence-corrected chi connectivity index (χ0v) is 11.1. The third kappa shape index (κ3) is 4.53. The van der Waals surface area contributed by atoms with Gasteiger partial charge in [0.05, 0.1) is 6.61 Å². The summed E-state index contributed by atoms with van der Waals surface area (Å²) >= 11 is 0. The number of rotatable bonds is 4. The maximum atomic E-state index is 11.5. The number of unbranched alkanes of at least 4 members (excludes halogenated alkanes) is 1. The third-order valence-corrected chi connectivity index (χ3v) is 2.93. The summed E-state index contributed by atoms with van der Waals surface area (Å²) in [5.74, 6) is -0.448. The first-order chi connectivity index (χ1) is 8.56. The number of esters is 1. The highest BCUT2D eigenvalue weighted by Gasteiger charge is 2.33. The summed E-state index contributed by atoms with van der Waals surface area (Å²) in [7, 11) is 0. The van der Waals surface area contributed by atoms with Crippen LogP contribution in [-0.2, 0) is 19.0 Å². The number of carbonyl (C=O) groups excluding carboxylic acids is 1. The van der Waals surface area contributed by atoms with Gasteiger partial charge in [-0.2, -0.15) is 0 Å². The van der Waals surface area contributed by atoms with Crippen molar-refractivity contribution in [3.8, 4) is 0 Å². The Morgan fingerprint density at radius 1 is 1.50 bits per heavy atom. The molecule has 4 atom stereocenters. The van der Waals surface area contributed by atoms with E-state index in [9.17, 15) is 9.90 Å². The lowest BCUT2D eigenvalue weighted by atomic mass is 10.1. The number of quaternary nitrogens is 1. The average molecular weight is 262 g/mol. The Kier molecular flexibility index (Phi) is 6.56. The average Bonchev–Trinajstić information content (AvgIpc) is 2.38. The largest absolute Gasteiger partial charge is 0.455 e. The summed E-state index contributed by atoms with van der Waals surface area (Å²) in [6.07, 6.45) is -0.0133. The zero-order chi connectivity index (χ0) is 13.5. The van der Waals surface area contributed by atoms with Gasteiger partial charge in [-0.1, -0.05) is 13.3 Å². The molecule has 6 nitrogen and oxygen atoms in total. The van der Waals surface area contributed by atoms with Crippen LogP contribution in [0.5, 0.6) is 0 Å². The second kappa shape index (κ2) is 7.68. The van der Waals surface area contributed by atoms with Gasteiger partial charge in [-0.05, 0) is 13.3 Å². The summed E-state index contributed by atoms with van der Waals surface area (Å²) in [5, 5.41) is 10.1. The highest BCUT2D eigenvalue weighted by atomic mass is 16.6. The zero-order valence-electron chi connectivity index (χ0n) is 11.1. The molecule has 0 bridgehead atoms. The molecule has 1 fully saturated rings. The first-order valence-corrected chi connectivity index (χ1v) is 6.47. The molecule has 1 saturated heterocycles. The van der Waals surface area contributed by atoms with E-state index in [2.05, 4.69) is 12.7 Å². The summed E-state index contributed by atoms with van der Waals surface area (Å²) in [4.78, 5) is 11.5. The van der Waals surface area contributed by atoms with E-state index in [0.29, 0.717) is 6.61 Å². The van der Waals surface area contributed by atoms with E-state index in [1.807, 2.05) is 0 Å². The summed E-state index contributed by atoms with van der Waals surface area (Å²) in [6, 6.07) is -0.561. The molecular formula is C12H24NO5+. The van der Waals surface area contributed by atoms with Crippen LogP contribution < -0.4 is 5.73 Å². The van der Waals surface area contributed by atoms with E-state index in [1.54, 1.807) is 6.92 Å². The smallest absolute Gasteiger partial charge is 0.367 e. The van der Waals surface area contributed by atoms with Gasteiger partial charge in [0.15, 0.2) is 0 Å². The molecule has 1 aliphatic rings. The van der Waals surface area contributed by atoms with Crippen molar-refractivity contribution in [2.45, 2.75) is 51.0 Å². The van der Waals surface area contributed by atoms with Crippen LogP contribution in [0.3, 0.4) is 0 Å². The van der Waals surface area contributed by atoms with Crippen molar-refractivity contribution in [3.05, 3.63) is 0 Å². The number of hydrogen-bond acceptors (Lipinski definition) is 5. The lowest BCUT2D eigenvalue weighted by molar-refractivity contribution is -0.415. The topological polar surface area (TPSA) is 92.6 Å². The Bertz CT molecular complexity index is 261. The Balaban J connectivity index is 2.58. The quantitative estimate of drug-likeness (QED) is 0.506. The minimum absolute atomic E-state index is 0.186. The van der Waals surface area contributed by atoms with Crippen LogP contribution in [0.25, 0.3) is 0 Å². The number of cyclic esters (lactones) is 1. The molecule has 6 heteroatoms. The van der Waals surface area contributed by atoms with Crippen LogP contribution in [0.1, 0.15) is 26.7 Å². The van der Waals surface area contributed by atoms with E-state index in [-0.39, 0.29) is 13.2 Å². The van der Waals surface area contributed by atoms with E-state index in [0.717, 1.165) is 12.8 Å². The minimum Gasteiger partial charge on any atom is -0.455 e. The molecular weight excluding hydrogens is 238 g/mol. The number of carbonyl (C=O) groups is 1. The van der Waals surface area contributed by atoms with Crippen molar-refractivity contribution in [3.63, 3.8) is 0 Å². The van der Waals surface area contributed by atoms with Gasteiger partial charge in [0.25, 0.3) is 0 Å². The molecule has 0 radical (unpaired) electrons. The Labute approximate surface area is 107 Å². The number of ether oxygens (including phenoxy) is 3. The first kappa shape index (κ1) is 15.4. The standard InChI is InChI=1S/C12H23NO5/c1-3-4-5-17-10-7-16-6-9(13)12(15)18-8(2)11(10)14/h8-11,14H,3-7,13H2,1-2H3/p+1/t8-,9-,10-,11-/m0/s1. The minimum atomic E-state index is -0.879. The molecule has 1 rings (SSSR count). The molecule has 18 heavy (non-hydrogen) atoms. The van der Waals surface area contributed by atoms with E-state index in [1.165, 1.54) is 0 Å². The van der Waals surface area contributed by atoms with Crippen LogP contribution in [0.4, 0.5) is 0 Å². The Morgan fingerprint density at radius 3 is 2.89 bits per heavy atom. The lowest BCUT2D eigenvalue weighted by Crippen LogP contribution is -2.67. The lowest BCUT2D eigenvalue weighted by Gasteiger charge is -2.26. The van der Waals surface area contributed by atoms with Gasteiger partial charge in [0.1, 0.15) is 24.9 Å². The van der Waals surface area contributed by atoms with Crippen molar-refractivity contribution in [2.75, 3.05) is 19.8 Å². The number of hydrogen-bond donors (Lipinski definition) is 2. The Morgan fingerprint density at radius 2 is 2.22 bits per heavy atom. The summed E-state index contributed by atoms with van der Waals surface area (Å²) in [5.41, 5.74) is 3.66. The van der Waals surface area contributed by atoms with Crippen molar-refractivity contribution < 1.29 is 29.8 Å². The molecule has 0 aliphatic carbocycles. The fourth-order valence-electron chi connectivity index (χ4n) is 1.67. The number of aliphatic hydroxyl groups excluding tert-OH is 1. The van der Waals surface area contributed by atoms with Gasteiger partial charge >= 0.3 is 5.97 Å². The van der Waals surface area contributed by atoms with Crippen molar-refractivity contribution >= 4 is 5.97 Å². The molecule has 0 amide bonds. The van der Waals surface area contributed by atoms with Gasteiger partial charge in [-0.3, -0.25) is 0 Å². The predicted octanol–water partition coefficient (Wildman–Crippen LogP) is -0.895. The molecule has 1 aliphatic heterocycles. The molecule has 0 aromatic carbocycles. The second-order valence-electron chi connectivity index (χ2n) is 4.63. The molecule has 0 aromatic heterocycles. The molecule has 0 spiro atoms. The maximum absolute atomic E-state index is 11.5. The Hall–Kier alpha value is -0.690. The summed E-state index contributed by atoms with van der Waals surface area (Å²) < 4.78 is 16.1. The predicted molar refractivity (Wildman–Crippen MR) is 63.7 cm³/mol. The molecule has 106 valence electrons. The van der Waals surface area contributed by atoms with E-state index >= 15 is 0 Å². The van der Waals surface area contributed by atoms with Crippen LogP contribution in [-0.4, -0.2) is 55.3 Å². The normalized spacial score (nSPS) is 34.3. The first-order valence-electron chi connectivity index (χ1n) is 6.47. The number of aliphatic hydroxyl groups is 1. The van der Waals surface area contributed by atoms with Crippen LogP contribution >= 0.6 is 0 Å². The van der Waals surface area contributed by atoms with Gasteiger partial charge in [-0.15, -0.1) is 0 Å². The van der Waals surface area contributed by atoms with Crippen molar-refractivity contribution in [1.82, 2.24) is 0 Å². The van der Waals surface area contributed by atoms with Gasteiger partial charge in [0.2, 0.25) is 6.04 Å². The van der Waals surface area contributed by atoms with Gasteiger partial charge < -0.3 is 25.1 Å². The highest BCUT2D eigenvalue weighted by Crippen LogP contribution is 2.12. The van der Waals surface area contributed by atoms with Crippen LogP contribution in [0.15, 0.2) is 0 Å². The summed E-state index contributed by atoms with van der Waals surface area (Å²) in [6.45, 7) is 4.72. The van der Waals surface area contributed by atoms with Crippen LogP contribution in [0, 0.1) is 0 Å². The van der Waals surface area contributed by atoms with Gasteiger partial charge in [0, 0.05) is 6.61 Å². The highest BCUT2D eigenvalue weighted by molar-refractivity contribution is 5.74. The maximum Gasteiger partial charge on any atom is 0.367 e.